The lowest BCUT2D eigenvalue weighted by molar-refractivity contribution is 0.300. The lowest BCUT2D eigenvalue weighted by Crippen LogP contribution is -2.25. The Morgan fingerprint density at radius 3 is 2.71 bits per heavy atom. The average molecular weight is 402 g/mol. The van der Waals surface area contributed by atoms with Crippen molar-refractivity contribution in [2.75, 3.05) is 25.5 Å². The van der Waals surface area contributed by atoms with Crippen LogP contribution in [0.2, 0.25) is 5.02 Å². The molecule has 0 radical (unpaired) electrons. The molecule has 0 saturated carbocycles. The first kappa shape index (κ1) is 19.7. The van der Waals surface area contributed by atoms with E-state index in [1.165, 1.54) is 23.0 Å². The molecule has 3 aromatic heterocycles. The number of hydrogen-bond donors (Lipinski definition) is 3. The van der Waals surface area contributed by atoms with E-state index in [1.807, 2.05) is 7.05 Å². The SMILES string of the molecule is CNCCNc1ccc(-n2ccc(OCc3ccc(Cl)cn3)cc2=O)c(=O)[nH]1. The third-order valence-corrected chi connectivity index (χ3v) is 4.13. The molecule has 0 saturated heterocycles. The van der Waals surface area contributed by atoms with Gasteiger partial charge in [-0.05, 0) is 37.4 Å². The Hall–Kier alpha value is -3.10. The highest BCUT2D eigenvalue weighted by Gasteiger charge is 2.07. The van der Waals surface area contributed by atoms with Crippen molar-refractivity contribution in [1.29, 1.82) is 0 Å². The van der Waals surface area contributed by atoms with Crippen LogP contribution < -0.4 is 26.5 Å². The standard InChI is InChI=1S/C19H20ClN5O3/c1-21-7-8-22-17-5-4-16(19(27)24-17)25-9-6-15(10-18(25)26)28-12-14-3-2-13(20)11-23-14/h2-6,9-11,21H,7-8,12H2,1H3,(H2,22,24,27). The summed E-state index contributed by atoms with van der Waals surface area (Å²) in [5.41, 5.74) is 0.181. The van der Waals surface area contributed by atoms with Crippen molar-refractivity contribution in [2.45, 2.75) is 6.61 Å². The van der Waals surface area contributed by atoms with Crippen LogP contribution in [0.15, 0.2) is 58.4 Å². The van der Waals surface area contributed by atoms with Crippen LogP contribution in [0.3, 0.4) is 0 Å². The summed E-state index contributed by atoms with van der Waals surface area (Å²) in [5, 5.41) is 6.63. The predicted molar refractivity (Wildman–Crippen MR) is 109 cm³/mol. The van der Waals surface area contributed by atoms with Crippen molar-refractivity contribution in [2.24, 2.45) is 0 Å². The molecule has 0 amide bonds. The molecule has 0 spiro atoms. The van der Waals surface area contributed by atoms with Crippen molar-refractivity contribution >= 4 is 17.4 Å². The fourth-order valence-corrected chi connectivity index (χ4v) is 2.59. The highest BCUT2D eigenvalue weighted by molar-refractivity contribution is 6.30. The Labute approximate surface area is 166 Å². The first-order chi connectivity index (χ1) is 13.6. The van der Waals surface area contributed by atoms with Crippen molar-refractivity contribution < 1.29 is 4.74 Å². The second-order valence-corrected chi connectivity index (χ2v) is 6.38. The van der Waals surface area contributed by atoms with Gasteiger partial charge in [0.15, 0.2) is 0 Å². The Balaban J connectivity index is 1.72. The molecule has 3 aromatic rings. The van der Waals surface area contributed by atoms with Crippen molar-refractivity contribution in [1.82, 2.24) is 19.9 Å². The van der Waals surface area contributed by atoms with Gasteiger partial charge in [-0.25, -0.2) is 0 Å². The summed E-state index contributed by atoms with van der Waals surface area (Å²) < 4.78 is 6.85. The molecule has 0 bridgehead atoms. The number of nitrogens with one attached hydrogen (secondary N) is 3. The van der Waals surface area contributed by atoms with Crippen molar-refractivity contribution in [3.63, 3.8) is 0 Å². The molecule has 146 valence electrons. The smallest absolute Gasteiger partial charge is 0.273 e. The monoisotopic (exact) mass is 401 g/mol. The molecule has 8 nitrogen and oxygen atoms in total. The van der Waals surface area contributed by atoms with Crippen LogP contribution in [0.5, 0.6) is 5.75 Å². The molecule has 3 rings (SSSR count). The number of aromatic nitrogens is 3. The zero-order valence-electron chi connectivity index (χ0n) is 15.2. The molecule has 0 unspecified atom stereocenters. The maximum Gasteiger partial charge on any atom is 0.273 e. The summed E-state index contributed by atoms with van der Waals surface area (Å²) in [6.07, 6.45) is 3.04. The molecule has 0 aromatic carbocycles. The van der Waals surface area contributed by atoms with Gasteiger partial charge in [0.2, 0.25) is 0 Å². The zero-order valence-corrected chi connectivity index (χ0v) is 16.0. The third-order valence-electron chi connectivity index (χ3n) is 3.91. The summed E-state index contributed by atoms with van der Waals surface area (Å²) in [7, 11) is 1.85. The first-order valence-electron chi connectivity index (χ1n) is 8.65. The number of halogens is 1. The van der Waals surface area contributed by atoms with Gasteiger partial charge in [-0.2, -0.15) is 0 Å². The van der Waals surface area contributed by atoms with Gasteiger partial charge in [0, 0.05) is 31.5 Å². The number of ether oxygens (including phenoxy) is 1. The number of aromatic amines is 1. The second kappa shape index (κ2) is 9.20. The van der Waals surface area contributed by atoms with E-state index in [-0.39, 0.29) is 23.4 Å². The van der Waals surface area contributed by atoms with Crippen LogP contribution in [0, 0.1) is 0 Å². The quantitative estimate of drug-likeness (QED) is 0.497. The molecule has 0 aliphatic rings. The van der Waals surface area contributed by atoms with Crippen LogP contribution in [0.4, 0.5) is 5.82 Å². The van der Waals surface area contributed by atoms with E-state index >= 15 is 0 Å². The van der Waals surface area contributed by atoms with Crippen LogP contribution in [-0.4, -0.2) is 34.7 Å². The molecule has 0 atom stereocenters. The Morgan fingerprint density at radius 1 is 1.18 bits per heavy atom. The Morgan fingerprint density at radius 2 is 2.04 bits per heavy atom. The van der Waals surface area contributed by atoms with Crippen LogP contribution >= 0.6 is 11.6 Å². The molecule has 9 heteroatoms. The number of hydrogen-bond acceptors (Lipinski definition) is 6. The highest BCUT2D eigenvalue weighted by Crippen LogP contribution is 2.12. The van der Waals surface area contributed by atoms with E-state index in [0.717, 1.165) is 6.54 Å². The molecule has 28 heavy (non-hydrogen) atoms. The van der Waals surface area contributed by atoms with E-state index in [0.29, 0.717) is 28.8 Å². The van der Waals surface area contributed by atoms with Gasteiger partial charge in [-0.3, -0.25) is 19.1 Å². The number of pyridine rings is 3. The highest BCUT2D eigenvalue weighted by atomic mass is 35.5. The van der Waals surface area contributed by atoms with Gasteiger partial charge >= 0.3 is 0 Å². The number of nitrogens with zero attached hydrogens (tertiary/aromatic N) is 2. The maximum atomic E-state index is 12.4. The van der Waals surface area contributed by atoms with Gasteiger partial charge < -0.3 is 20.4 Å². The molecular formula is C19H20ClN5O3. The zero-order chi connectivity index (χ0) is 19.9. The van der Waals surface area contributed by atoms with Gasteiger partial charge in [-0.1, -0.05) is 11.6 Å². The predicted octanol–water partition coefficient (Wildman–Crippen LogP) is 1.78. The molecule has 0 fully saturated rings. The van der Waals surface area contributed by atoms with E-state index in [2.05, 4.69) is 20.6 Å². The molecule has 0 aliphatic heterocycles. The molecule has 3 heterocycles. The number of anilines is 1. The van der Waals surface area contributed by atoms with Crippen LogP contribution in [-0.2, 0) is 6.61 Å². The van der Waals surface area contributed by atoms with Gasteiger partial charge in [0.25, 0.3) is 11.1 Å². The Bertz CT molecular complexity index is 1050. The summed E-state index contributed by atoms with van der Waals surface area (Å²) in [6.45, 7) is 1.63. The van der Waals surface area contributed by atoms with E-state index in [1.54, 1.807) is 30.3 Å². The number of H-pyrrole nitrogens is 1. The fourth-order valence-electron chi connectivity index (χ4n) is 2.48. The van der Waals surface area contributed by atoms with Crippen molar-refractivity contribution in [3.8, 4) is 11.4 Å². The van der Waals surface area contributed by atoms with Crippen LogP contribution in [0.25, 0.3) is 5.69 Å². The van der Waals surface area contributed by atoms with E-state index < -0.39 is 0 Å². The van der Waals surface area contributed by atoms with E-state index in [9.17, 15) is 9.59 Å². The third kappa shape index (κ3) is 4.99. The summed E-state index contributed by atoms with van der Waals surface area (Å²) >= 11 is 5.80. The molecular weight excluding hydrogens is 382 g/mol. The van der Waals surface area contributed by atoms with Gasteiger partial charge in [0.05, 0.1) is 10.7 Å². The average Bonchev–Trinajstić information content (AvgIpc) is 2.69. The second-order valence-electron chi connectivity index (χ2n) is 5.94. The minimum Gasteiger partial charge on any atom is -0.487 e. The summed E-state index contributed by atoms with van der Waals surface area (Å²) in [4.78, 5) is 31.6. The number of likely N-dealkylation sites (N-methyl/N-ethyl adjacent to an activating group) is 1. The largest absolute Gasteiger partial charge is 0.487 e. The lowest BCUT2D eigenvalue weighted by atomic mass is 10.3. The number of rotatable bonds is 8. The lowest BCUT2D eigenvalue weighted by Gasteiger charge is -2.10. The van der Waals surface area contributed by atoms with Gasteiger partial charge in [0.1, 0.15) is 23.9 Å². The molecule has 0 aliphatic carbocycles. The van der Waals surface area contributed by atoms with Gasteiger partial charge in [-0.15, -0.1) is 0 Å². The van der Waals surface area contributed by atoms with Crippen LogP contribution in [0.1, 0.15) is 5.69 Å². The first-order valence-corrected chi connectivity index (χ1v) is 9.03. The topological polar surface area (TPSA) is 101 Å². The Kier molecular flexibility index (Phi) is 6.46. The summed E-state index contributed by atoms with van der Waals surface area (Å²) in [5.74, 6) is 0.979. The fraction of sp³-hybridized carbons (Fsp3) is 0.211. The summed E-state index contributed by atoms with van der Waals surface area (Å²) in [6, 6.07) is 9.73. The minimum absolute atomic E-state index is 0.203. The van der Waals surface area contributed by atoms with Crippen molar-refractivity contribution in [3.05, 3.63) is 80.2 Å². The minimum atomic E-state index is -0.372. The maximum absolute atomic E-state index is 12.4. The van der Waals surface area contributed by atoms with E-state index in [4.69, 9.17) is 16.3 Å². The normalized spacial score (nSPS) is 10.6. The molecule has 3 N–H and O–H groups in total.